The highest BCUT2D eigenvalue weighted by atomic mass is 16.3. The lowest BCUT2D eigenvalue weighted by Crippen LogP contribution is -2.55. The van der Waals surface area contributed by atoms with Gasteiger partial charge in [-0.05, 0) is 85.4 Å². The van der Waals surface area contributed by atoms with Gasteiger partial charge < -0.3 is 10.2 Å². The summed E-state index contributed by atoms with van der Waals surface area (Å²) in [7, 11) is 0. The van der Waals surface area contributed by atoms with Crippen molar-refractivity contribution >= 4 is 0 Å². The normalized spacial score (nSPS) is 56.3. The second kappa shape index (κ2) is 4.51. The summed E-state index contributed by atoms with van der Waals surface area (Å²) in [5, 5.41) is 20.7. The molecule has 1 spiro atoms. The van der Waals surface area contributed by atoms with Gasteiger partial charge in [0.15, 0.2) is 0 Å². The molecular formula is C20H34O2. The van der Waals surface area contributed by atoms with Gasteiger partial charge in [0.1, 0.15) is 0 Å². The molecule has 0 aromatic heterocycles. The molecule has 2 heteroatoms. The van der Waals surface area contributed by atoms with Crippen molar-refractivity contribution in [2.24, 2.45) is 34.0 Å². The molecule has 0 amide bonds. The second-order valence-corrected chi connectivity index (χ2v) is 10.3. The lowest BCUT2D eigenvalue weighted by molar-refractivity contribution is -0.145. The lowest BCUT2D eigenvalue weighted by atomic mass is 9.41. The minimum Gasteiger partial charge on any atom is -0.393 e. The van der Waals surface area contributed by atoms with E-state index in [2.05, 4.69) is 20.8 Å². The van der Waals surface area contributed by atoms with E-state index < -0.39 is 5.60 Å². The number of fused-ring (bicyclic) bond motifs is 3. The van der Waals surface area contributed by atoms with Gasteiger partial charge in [0.25, 0.3) is 0 Å². The van der Waals surface area contributed by atoms with Gasteiger partial charge in [-0.1, -0.05) is 27.2 Å². The van der Waals surface area contributed by atoms with Crippen molar-refractivity contribution in [1.82, 2.24) is 0 Å². The number of hydrogen-bond acceptors (Lipinski definition) is 2. The molecule has 4 rings (SSSR count). The fourth-order valence-corrected chi connectivity index (χ4v) is 8.13. The van der Waals surface area contributed by atoms with Crippen LogP contribution in [-0.2, 0) is 0 Å². The van der Waals surface area contributed by atoms with Gasteiger partial charge in [-0.2, -0.15) is 0 Å². The minimum atomic E-state index is -0.776. The third-order valence-corrected chi connectivity index (χ3v) is 8.89. The Morgan fingerprint density at radius 3 is 2.45 bits per heavy atom. The molecule has 0 saturated heterocycles. The standard InChI is InChI=1S/C20H34O2/c1-17(2)8-4-9-18(3)15(17)7-10-19-11-14(5-6-16(18)19)20(22,12-19)13-21/h14-16,21-22H,4-13H2,1-3H3/t14-,15+,16+,18+,19+,20+/m1/s1. The Morgan fingerprint density at radius 1 is 0.955 bits per heavy atom. The van der Waals surface area contributed by atoms with Gasteiger partial charge in [-0.15, -0.1) is 0 Å². The third-order valence-electron chi connectivity index (χ3n) is 8.89. The van der Waals surface area contributed by atoms with Crippen molar-refractivity contribution in [3.05, 3.63) is 0 Å². The fraction of sp³-hybridized carbons (Fsp3) is 1.00. The van der Waals surface area contributed by atoms with Crippen LogP contribution >= 0.6 is 0 Å². The Bertz CT molecular complexity index is 472. The highest BCUT2D eigenvalue weighted by Gasteiger charge is 2.66. The predicted octanol–water partition coefficient (Wildman–Crippen LogP) is 4.14. The van der Waals surface area contributed by atoms with Crippen molar-refractivity contribution in [2.75, 3.05) is 6.61 Å². The zero-order valence-corrected chi connectivity index (χ0v) is 14.7. The van der Waals surface area contributed by atoms with Crippen molar-refractivity contribution in [2.45, 2.75) is 84.2 Å². The maximum absolute atomic E-state index is 10.9. The van der Waals surface area contributed by atoms with E-state index in [0.29, 0.717) is 22.2 Å². The van der Waals surface area contributed by atoms with Crippen LogP contribution in [0.25, 0.3) is 0 Å². The van der Waals surface area contributed by atoms with Crippen LogP contribution < -0.4 is 0 Å². The molecule has 22 heavy (non-hydrogen) atoms. The Hall–Kier alpha value is -0.0800. The highest BCUT2D eigenvalue weighted by molar-refractivity contribution is 5.16. The average molecular weight is 306 g/mol. The molecule has 126 valence electrons. The molecule has 0 aromatic carbocycles. The number of rotatable bonds is 1. The zero-order chi connectivity index (χ0) is 15.8. The first kappa shape index (κ1) is 15.4. The first-order chi connectivity index (χ1) is 10.3. The SMILES string of the molecule is CC1(C)CCC[C@]2(C)[C@@H]3CC[C@@H]4C[C@@]3(CC[C@@H]12)C[C@]4(O)CO. The Kier molecular flexibility index (Phi) is 3.16. The quantitative estimate of drug-likeness (QED) is 0.764. The Balaban J connectivity index is 1.72. The Morgan fingerprint density at radius 2 is 1.73 bits per heavy atom. The highest BCUT2D eigenvalue weighted by Crippen LogP contribution is 2.72. The van der Waals surface area contributed by atoms with Gasteiger partial charge in [-0.25, -0.2) is 0 Å². The van der Waals surface area contributed by atoms with E-state index in [1.165, 1.54) is 44.9 Å². The van der Waals surface area contributed by atoms with E-state index >= 15 is 0 Å². The van der Waals surface area contributed by atoms with Gasteiger partial charge in [0, 0.05) is 0 Å². The smallest absolute Gasteiger partial charge is 0.0910 e. The summed E-state index contributed by atoms with van der Waals surface area (Å²) in [6.45, 7) is 7.55. The molecule has 4 aliphatic carbocycles. The van der Waals surface area contributed by atoms with Crippen molar-refractivity contribution in [3.8, 4) is 0 Å². The molecule has 0 unspecified atom stereocenters. The molecule has 0 radical (unpaired) electrons. The van der Waals surface area contributed by atoms with Gasteiger partial charge in [0.2, 0.25) is 0 Å². The third kappa shape index (κ3) is 1.80. The minimum absolute atomic E-state index is 0.0300. The molecule has 2 nitrogen and oxygen atoms in total. The van der Waals surface area contributed by atoms with Crippen LogP contribution in [0.2, 0.25) is 0 Å². The summed E-state index contributed by atoms with van der Waals surface area (Å²) in [5.41, 5.74) is 0.504. The van der Waals surface area contributed by atoms with Crippen LogP contribution in [0.1, 0.15) is 78.6 Å². The lowest BCUT2D eigenvalue weighted by Gasteiger charge is -2.64. The maximum Gasteiger partial charge on any atom is 0.0910 e. The summed E-state index contributed by atoms with van der Waals surface area (Å²) in [5.74, 6) is 1.98. The largest absolute Gasteiger partial charge is 0.393 e. The summed E-state index contributed by atoms with van der Waals surface area (Å²) >= 11 is 0. The molecule has 0 aliphatic heterocycles. The van der Waals surface area contributed by atoms with E-state index in [1.54, 1.807) is 0 Å². The molecule has 0 heterocycles. The molecule has 4 fully saturated rings. The first-order valence-corrected chi connectivity index (χ1v) is 9.59. The maximum atomic E-state index is 10.9. The van der Waals surface area contributed by atoms with E-state index in [9.17, 15) is 10.2 Å². The molecule has 4 saturated carbocycles. The van der Waals surface area contributed by atoms with Crippen molar-refractivity contribution < 1.29 is 10.2 Å². The molecule has 4 aliphatic rings. The second-order valence-electron chi connectivity index (χ2n) is 10.3. The summed E-state index contributed by atoms with van der Waals surface area (Å²) < 4.78 is 0. The van der Waals surface area contributed by atoms with Crippen LogP contribution in [0.3, 0.4) is 0 Å². The van der Waals surface area contributed by atoms with E-state index in [0.717, 1.165) is 24.7 Å². The topological polar surface area (TPSA) is 40.5 Å². The predicted molar refractivity (Wildman–Crippen MR) is 88.4 cm³/mol. The van der Waals surface area contributed by atoms with Crippen LogP contribution in [-0.4, -0.2) is 22.4 Å². The number of aliphatic hydroxyl groups excluding tert-OH is 1. The number of aliphatic hydroxyl groups is 2. The van der Waals surface area contributed by atoms with Crippen LogP contribution in [0, 0.1) is 34.0 Å². The van der Waals surface area contributed by atoms with E-state index in [1.807, 2.05) is 0 Å². The monoisotopic (exact) mass is 306 g/mol. The molecular weight excluding hydrogens is 272 g/mol. The molecule has 6 atom stereocenters. The van der Waals surface area contributed by atoms with Gasteiger partial charge in [0.05, 0.1) is 12.2 Å². The van der Waals surface area contributed by atoms with Crippen LogP contribution in [0.4, 0.5) is 0 Å². The summed E-state index contributed by atoms with van der Waals surface area (Å²) in [4.78, 5) is 0. The van der Waals surface area contributed by atoms with E-state index in [-0.39, 0.29) is 6.61 Å². The fourth-order valence-electron chi connectivity index (χ4n) is 8.13. The Labute approximate surface area is 135 Å². The van der Waals surface area contributed by atoms with Crippen molar-refractivity contribution in [1.29, 1.82) is 0 Å². The average Bonchev–Trinajstić information content (AvgIpc) is 2.65. The molecule has 0 aromatic rings. The molecule has 2 bridgehead atoms. The first-order valence-electron chi connectivity index (χ1n) is 9.59. The van der Waals surface area contributed by atoms with Crippen LogP contribution in [0.15, 0.2) is 0 Å². The van der Waals surface area contributed by atoms with Gasteiger partial charge in [-0.3, -0.25) is 0 Å². The molecule has 2 N–H and O–H groups in total. The zero-order valence-electron chi connectivity index (χ0n) is 14.7. The summed E-state index contributed by atoms with van der Waals surface area (Å²) in [6, 6.07) is 0. The van der Waals surface area contributed by atoms with Gasteiger partial charge >= 0.3 is 0 Å². The van der Waals surface area contributed by atoms with Crippen LogP contribution in [0.5, 0.6) is 0 Å². The van der Waals surface area contributed by atoms with E-state index in [4.69, 9.17) is 0 Å². The van der Waals surface area contributed by atoms with Crippen molar-refractivity contribution in [3.63, 3.8) is 0 Å². The number of hydrogen-bond donors (Lipinski definition) is 2. The summed E-state index contributed by atoms with van der Waals surface area (Å²) in [6.07, 6.45) is 11.2.